The lowest BCUT2D eigenvalue weighted by Gasteiger charge is -2.46. The molecule has 31 heavy (non-hydrogen) atoms. The number of hydrogen-bond acceptors (Lipinski definition) is 6. The van der Waals surface area contributed by atoms with Crippen molar-refractivity contribution in [3.05, 3.63) is 53.3 Å². The van der Waals surface area contributed by atoms with E-state index in [1.54, 1.807) is 6.07 Å². The first-order valence-corrected chi connectivity index (χ1v) is 10.3. The maximum atomic E-state index is 13.2. The highest BCUT2D eigenvalue weighted by Crippen LogP contribution is 2.34. The first-order valence-electron chi connectivity index (χ1n) is 10.3. The highest BCUT2D eigenvalue weighted by atomic mass is 19.4. The van der Waals surface area contributed by atoms with Crippen LogP contribution in [0.25, 0.3) is 5.65 Å². The van der Waals surface area contributed by atoms with Gasteiger partial charge in [-0.25, -0.2) is 0 Å². The molecule has 1 fully saturated rings. The van der Waals surface area contributed by atoms with Gasteiger partial charge in [0.25, 0.3) is 5.82 Å². The van der Waals surface area contributed by atoms with Gasteiger partial charge in [0.2, 0.25) is 0 Å². The number of hydrogen-bond donors (Lipinski definition) is 1. The zero-order valence-electron chi connectivity index (χ0n) is 17.5. The monoisotopic (exact) mass is 434 g/mol. The molecule has 7 nitrogen and oxygen atoms in total. The van der Waals surface area contributed by atoms with E-state index in [4.69, 9.17) is 0 Å². The minimum Gasteiger partial charge on any atom is -0.392 e. The van der Waals surface area contributed by atoms with Crippen LogP contribution in [0.5, 0.6) is 0 Å². The molecule has 10 heteroatoms. The van der Waals surface area contributed by atoms with Crippen LogP contribution in [0.15, 0.2) is 36.4 Å². The Labute approximate surface area is 178 Å². The number of aromatic nitrogens is 4. The SMILES string of the molecule is CCC(C)(c1cccc(CO)c1)N1CCN(c2ccc3nnc(C(F)(F)F)n3n2)CC1. The number of rotatable bonds is 5. The second-order valence-corrected chi connectivity index (χ2v) is 7.94. The molecule has 1 N–H and O–H groups in total. The minimum atomic E-state index is -4.62. The van der Waals surface area contributed by atoms with Crippen molar-refractivity contribution in [3.63, 3.8) is 0 Å². The summed E-state index contributed by atoms with van der Waals surface area (Å²) in [4.78, 5) is 4.37. The first-order chi connectivity index (χ1) is 14.8. The molecule has 1 atom stereocenters. The van der Waals surface area contributed by atoms with E-state index in [0.717, 1.165) is 35.2 Å². The summed E-state index contributed by atoms with van der Waals surface area (Å²) in [6.07, 6.45) is -3.72. The van der Waals surface area contributed by atoms with Gasteiger partial charge in [-0.1, -0.05) is 31.2 Å². The summed E-state index contributed by atoms with van der Waals surface area (Å²) >= 11 is 0. The molecule has 1 aliphatic heterocycles. The molecule has 3 aromatic rings. The summed E-state index contributed by atoms with van der Waals surface area (Å²) < 4.78 is 40.2. The number of aliphatic hydroxyl groups is 1. The molecule has 1 unspecified atom stereocenters. The Hall–Kier alpha value is -2.72. The van der Waals surface area contributed by atoms with Crippen molar-refractivity contribution in [1.82, 2.24) is 24.7 Å². The van der Waals surface area contributed by atoms with Crippen LogP contribution in [0.3, 0.4) is 0 Å². The summed E-state index contributed by atoms with van der Waals surface area (Å²) in [5, 5.41) is 20.5. The average Bonchev–Trinajstić information content (AvgIpc) is 3.22. The summed E-state index contributed by atoms with van der Waals surface area (Å²) in [5.41, 5.74) is 1.89. The fraction of sp³-hybridized carbons (Fsp3) is 0.476. The molecule has 2 aromatic heterocycles. The lowest BCUT2D eigenvalue weighted by atomic mass is 9.86. The summed E-state index contributed by atoms with van der Waals surface area (Å²) in [6.45, 7) is 7.07. The van der Waals surface area contributed by atoms with E-state index in [-0.39, 0.29) is 17.8 Å². The van der Waals surface area contributed by atoms with Crippen molar-refractivity contribution in [2.45, 2.75) is 38.6 Å². The number of halogens is 3. The molecule has 0 amide bonds. The summed E-state index contributed by atoms with van der Waals surface area (Å²) in [7, 11) is 0. The van der Waals surface area contributed by atoms with Gasteiger partial charge in [-0.15, -0.1) is 15.3 Å². The molecule has 0 bridgehead atoms. The molecule has 166 valence electrons. The van der Waals surface area contributed by atoms with Crippen LogP contribution < -0.4 is 4.90 Å². The third-order valence-corrected chi connectivity index (χ3v) is 6.22. The maximum absolute atomic E-state index is 13.2. The normalized spacial score (nSPS) is 17.8. The Morgan fingerprint density at radius 3 is 2.42 bits per heavy atom. The van der Waals surface area contributed by atoms with Gasteiger partial charge in [0.15, 0.2) is 5.65 Å². The van der Waals surface area contributed by atoms with E-state index in [1.807, 2.05) is 23.1 Å². The predicted octanol–water partition coefficient (Wildman–Crippen LogP) is 3.08. The van der Waals surface area contributed by atoms with Gasteiger partial charge < -0.3 is 10.0 Å². The van der Waals surface area contributed by atoms with Crippen LogP contribution in [-0.4, -0.2) is 56.0 Å². The number of piperazine rings is 1. The summed E-state index contributed by atoms with van der Waals surface area (Å²) in [6, 6.07) is 11.2. The van der Waals surface area contributed by atoms with Gasteiger partial charge in [-0.3, -0.25) is 4.90 Å². The average molecular weight is 434 g/mol. The molecule has 3 heterocycles. The number of anilines is 1. The van der Waals surface area contributed by atoms with Gasteiger partial charge in [0.1, 0.15) is 5.82 Å². The third-order valence-electron chi connectivity index (χ3n) is 6.22. The van der Waals surface area contributed by atoms with Crippen LogP contribution in [0.4, 0.5) is 19.0 Å². The van der Waals surface area contributed by atoms with E-state index in [1.165, 1.54) is 6.07 Å². The standard InChI is InChI=1S/C21H25F3N6O/c1-3-20(2,16-6-4-5-15(13-16)14-31)29-11-9-28(10-12-29)18-8-7-17-25-26-19(21(22,23)24)30(17)27-18/h4-8,13,31H,3,9-12,14H2,1-2H3. The smallest absolute Gasteiger partial charge is 0.392 e. The fourth-order valence-corrected chi connectivity index (χ4v) is 4.17. The number of nitrogens with zero attached hydrogens (tertiary/aromatic N) is 6. The zero-order chi connectivity index (χ0) is 22.2. The molecule has 1 aromatic carbocycles. The zero-order valence-corrected chi connectivity index (χ0v) is 17.5. The highest BCUT2D eigenvalue weighted by molar-refractivity contribution is 5.46. The van der Waals surface area contributed by atoms with Gasteiger partial charge in [-0.05, 0) is 36.6 Å². The van der Waals surface area contributed by atoms with Crippen LogP contribution in [0.2, 0.25) is 0 Å². The van der Waals surface area contributed by atoms with Crippen molar-refractivity contribution in [3.8, 4) is 0 Å². The topological polar surface area (TPSA) is 69.8 Å². The number of benzene rings is 1. The van der Waals surface area contributed by atoms with Crippen molar-refractivity contribution >= 4 is 11.5 Å². The number of fused-ring (bicyclic) bond motifs is 1. The number of aliphatic hydroxyl groups excluding tert-OH is 1. The number of alkyl halides is 3. The molecule has 1 saturated heterocycles. The van der Waals surface area contributed by atoms with Crippen LogP contribution in [0, 0.1) is 0 Å². The molecule has 0 spiro atoms. The Balaban J connectivity index is 1.54. The molecule has 0 aliphatic carbocycles. The van der Waals surface area contributed by atoms with Gasteiger partial charge in [0.05, 0.1) is 6.61 Å². The quantitative estimate of drug-likeness (QED) is 0.666. The second kappa shape index (κ2) is 8.08. The van der Waals surface area contributed by atoms with Crippen molar-refractivity contribution in [1.29, 1.82) is 0 Å². The van der Waals surface area contributed by atoms with Crippen molar-refractivity contribution < 1.29 is 18.3 Å². The van der Waals surface area contributed by atoms with E-state index in [0.29, 0.717) is 18.9 Å². The first kappa shape index (κ1) is 21.5. The van der Waals surface area contributed by atoms with E-state index < -0.39 is 12.0 Å². The van der Waals surface area contributed by atoms with Gasteiger partial charge in [-0.2, -0.15) is 17.7 Å². The van der Waals surface area contributed by atoms with Crippen molar-refractivity contribution in [2.24, 2.45) is 0 Å². The molecular weight excluding hydrogens is 409 g/mol. The fourth-order valence-electron chi connectivity index (χ4n) is 4.17. The van der Waals surface area contributed by atoms with E-state index in [2.05, 4.69) is 40.1 Å². The maximum Gasteiger partial charge on any atom is 0.453 e. The van der Waals surface area contributed by atoms with Crippen LogP contribution >= 0.6 is 0 Å². The largest absolute Gasteiger partial charge is 0.453 e. The minimum absolute atomic E-state index is 0.00141. The Morgan fingerprint density at radius 2 is 1.77 bits per heavy atom. The van der Waals surface area contributed by atoms with Gasteiger partial charge >= 0.3 is 6.18 Å². The van der Waals surface area contributed by atoms with Crippen LogP contribution in [-0.2, 0) is 18.3 Å². The van der Waals surface area contributed by atoms with Crippen LogP contribution in [0.1, 0.15) is 37.2 Å². The Bertz CT molecular complexity index is 1060. The van der Waals surface area contributed by atoms with Crippen molar-refractivity contribution in [2.75, 3.05) is 31.1 Å². The second-order valence-electron chi connectivity index (χ2n) is 7.94. The third kappa shape index (κ3) is 3.97. The van der Waals surface area contributed by atoms with Gasteiger partial charge in [0, 0.05) is 31.7 Å². The lowest BCUT2D eigenvalue weighted by molar-refractivity contribution is -0.146. The van der Waals surface area contributed by atoms with E-state index in [9.17, 15) is 18.3 Å². The molecular formula is C21H25F3N6O. The lowest BCUT2D eigenvalue weighted by Crippen LogP contribution is -2.54. The van der Waals surface area contributed by atoms with E-state index >= 15 is 0 Å². The Morgan fingerprint density at radius 1 is 1.03 bits per heavy atom. The predicted molar refractivity (Wildman–Crippen MR) is 110 cm³/mol. The molecule has 0 radical (unpaired) electrons. The molecule has 4 rings (SSSR count). The molecule has 1 aliphatic rings. The molecule has 0 saturated carbocycles. The Kier molecular flexibility index (Phi) is 5.61. The summed E-state index contributed by atoms with van der Waals surface area (Å²) in [5.74, 6) is -0.650. The highest BCUT2D eigenvalue weighted by Gasteiger charge is 2.38.